The zero-order chi connectivity index (χ0) is 13.2. The average molecular weight is 252 g/mol. The maximum Gasteiger partial charge on any atom is 0.239 e. The quantitative estimate of drug-likeness (QED) is 0.662. The molecule has 1 aromatic carbocycles. The Kier molecular flexibility index (Phi) is 6.83. The van der Waals surface area contributed by atoms with Crippen LogP contribution < -0.4 is 15.8 Å². The second-order valence-corrected chi connectivity index (χ2v) is 3.87. The lowest BCUT2D eigenvalue weighted by molar-refractivity contribution is -0.123. The van der Waals surface area contributed by atoms with Crippen LogP contribution in [0.2, 0.25) is 0 Å². The van der Waals surface area contributed by atoms with Gasteiger partial charge in [0.25, 0.3) is 0 Å². The molecule has 0 fully saturated rings. The van der Waals surface area contributed by atoms with E-state index in [0.29, 0.717) is 13.2 Å². The SMILES string of the molecule is COCC(N)C(=O)NCCCOc1ccccc1. The van der Waals surface area contributed by atoms with Crippen molar-refractivity contribution in [2.75, 3.05) is 26.9 Å². The molecule has 0 spiro atoms. The first-order valence-corrected chi connectivity index (χ1v) is 5.94. The van der Waals surface area contributed by atoms with Crippen molar-refractivity contribution in [2.24, 2.45) is 5.73 Å². The van der Waals surface area contributed by atoms with Crippen LogP contribution in [0.5, 0.6) is 5.75 Å². The molecule has 0 aliphatic heterocycles. The molecule has 18 heavy (non-hydrogen) atoms. The Balaban J connectivity index is 2.07. The molecule has 5 nitrogen and oxygen atoms in total. The third-order valence-electron chi connectivity index (χ3n) is 2.32. The molecule has 0 saturated heterocycles. The predicted octanol–water partition coefficient (Wildman–Crippen LogP) is 0.545. The maximum atomic E-state index is 11.4. The maximum absolute atomic E-state index is 11.4. The molecule has 1 aromatic rings. The van der Waals surface area contributed by atoms with Gasteiger partial charge in [0.1, 0.15) is 11.8 Å². The second-order valence-electron chi connectivity index (χ2n) is 3.87. The van der Waals surface area contributed by atoms with E-state index in [1.807, 2.05) is 30.3 Å². The predicted molar refractivity (Wildman–Crippen MR) is 69.4 cm³/mol. The fourth-order valence-electron chi connectivity index (χ4n) is 1.38. The van der Waals surface area contributed by atoms with E-state index in [9.17, 15) is 4.79 Å². The highest BCUT2D eigenvalue weighted by Crippen LogP contribution is 2.07. The molecule has 0 aliphatic carbocycles. The minimum atomic E-state index is -0.606. The van der Waals surface area contributed by atoms with E-state index in [2.05, 4.69) is 5.32 Å². The van der Waals surface area contributed by atoms with Gasteiger partial charge in [0.2, 0.25) is 5.91 Å². The smallest absolute Gasteiger partial charge is 0.239 e. The summed E-state index contributed by atoms with van der Waals surface area (Å²) in [5.74, 6) is 0.636. The van der Waals surface area contributed by atoms with E-state index in [-0.39, 0.29) is 12.5 Å². The van der Waals surface area contributed by atoms with E-state index < -0.39 is 6.04 Å². The van der Waals surface area contributed by atoms with Crippen LogP contribution in [0.25, 0.3) is 0 Å². The van der Waals surface area contributed by atoms with Crippen LogP contribution in [0.3, 0.4) is 0 Å². The highest BCUT2D eigenvalue weighted by Gasteiger charge is 2.11. The summed E-state index contributed by atoms with van der Waals surface area (Å²) in [6.07, 6.45) is 0.736. The molecule has 5 heteroatoms. The van der Waals surface area contributed by atoms with Gasteiger partial charge in [0.05, 0.1) is 13.2 Å². The third kappa shape index (κ3) is 5.65. The Morgan fingerprint density at radius 1 is 1.39 bits per heavy atom. The lowest BCUT2D eigenvalue weighted by atomic mass is 10.3. The lowest BCUT2D eigenvalue weighted by Gasteiger charge is -2.11. The molecule has 0 heterocycles. The van der Waals surface area contributed by atoms with Crippen LogP contribution in [0.15, 0.2) is 30.3 Å². The molecule has 0 aromatic heterocycles. The average Bonchev–Trinajstić information content (AvgIpc) is 2.39. The van der Waals surface area contributed by atoms with Gasteiger partial charge in [-0.25, -0.2) is 0 Å². The van der Waals surface area contributed by atoms with Crippen LogP contribution in [0, 0.1) is 0 Å². The Labute approximate surface area is 107 Å². The molecule has 0 saturated carbocycles. The number of nitrogens with two attached hydrogens (primary N) is 1. The van der Waals surface area contributed by atoms with Crippen LogP contribution in [0.1, 0.15) is 6.42 Å². The van der Waals surface area contributed by atoms with E-state index >= 15 is 0 Å². The number of para-hydroxylation sites is 1. The number of carbonyl (C=O) groups excluding carboxylic acids is 1. The number of carbonyl (C=O) groups is 1. The van der Waals surface area contributed by atoms with Crippen LogP contribution >= 0.6 is 0 Å². The monoisotopic (exact) mass is 252 g/mol. The van der Waals surface area contributed by atoms with E-state index in [1.54, 1.807) is 0 Å². The summed E-state index contributed by atoms with van der Waals surface area (Å²) in [4.78, 5) is 11.4. The molecular weight excluding hydrogens is 232 g/mol. The number of hydrogen-bond acceptors (Lipinski definition) is 4. The molecule has 1 atom stereocenters. The first-order chi connectivity index (χ1) is 8.74. The van der Waals surface area contributed by atoms with Gasteiger partial charge in [-0.2, -0.15) is 0 Å². The Morgan fingerprint density at radius 2 is 2.11 bits per heavy atom. The summed E-state index contributed by atoms with van der Waals surface area (Å²) in [7, 11) is 1.51. The number of rotatable bonds is 8. The molecular formula is C13H20N2O3. The summed E-state index contributed by atoms with van der Waals surface area (Å²) in [5.41, 5.74) is 5.57. The minimum Gasteiger partial charge on any atom is -0.494 e. The summed E-state index contributed by atoms with van der Waals surface area (Å²) < 4.78 is 10.3. The van der Waals surface area contributed by atoms with Gasteiger partial charge in [-0.3, -0.25) is 4.79 Å². The van der Waals surface area contributed by atoms with Crippen LogP contribution in [0.4, 0.5) is 0 Å². The third-order valence-corrected chi connectivity index (χ3v) is 2.32. The molecule has 1 amide bonds. The standard InChI is InChI=1S/C13H20N2O3/c1-17-10-12(14)13(16)15-8-5-9-18-11-6-3-2-4-7-11/h2-4,6-7,12H,5,8-10,14H2,1H3,(H,15,16). The number of benzene rings is 1. The van der Waals surface area contributed by atoms with Gasteiger partial charge in [0, 0.05) is 13.7 Å². The minimum absolute atomic E-state index is 0.198. The van der Waals surface area contributed by atoms with Crippen molar-refractivity contribution in [1.29, 1.82) is 0 Å². The van der Waals surface area contributed by atoms with Crippen molar-refractivity contribution in [1.82, 2.24) is 5.32 Å². The van der Waals surface area contributed by atoms with E-state index in [1.165, 1.54) is 7.11 Å². The summed E-state index contributed by atoms with van der Waals surface area (Å²) in [6.45, 7) is 1.33. The fraction of sp³-hybridized carbons (Fsp3) is 0.462. The number of nitrogens with one attached hydrogen (secondary N) is 1. The molecule has 100 valence electrons. The summed E-state index contributed by atoms with van der Waals surface area (Å²) >= 11 is 0. The first-order valence-electron chi connectivity index (χ1n) is 5.94. The largest absolute Gasteiger partial charge is 0.494 e. The zero-order valence-electron chi connectivity index (χ0n) is 10.6. The van der Waals surface area contributed by atoms with E-state index in [0.717, 1.165) is 12.2 Å². The molecule has 3 N–H and O–H groups in total. The van der Waals surface area contributed by atoms with E-state index in [4.69, 9.17) is 15.2 Å². The molecule has 0 radical (unpaired) electrons. The Morgan fingerprint density at radius 3 is 2.78 bits per heavy atom. The van der Waals surface area contributed by atoms with Gasteiger partial charge >= 0.3 is 0 Å². The van der Waals surface area contributed by atoms with Gasteiger partial charge in [-0.05, 0) is 18.6 Å². The molecule has 1 rings (SSSR count). The summed E-state index contributed by atoms with van der Waals surface area (Å²) in [6, 6.07) is 8.96. The summed E-state index contributed by atoms with van der Waals surface area (Å²) in [5, 5.41) is 2.73. The first kappa shape index (κ1) is 14.5. The molecule has 0 bridgehead atoms. The lowest BCUT2D eigenvalue weighted by Crippen LogP contribution is -2.43. The van der Waals surface area contributed by atoms with Crippen LogP contribution in [-0.2, 0) is 9.53 Å². The van der Waals surface area contributed by atoms with Crippen molar-refractivity contribution in [2.45, 2.75) is 12.5 Å². The topological polar surface area (TPSA) is 73.6 Å². The van der Waals surface area contributed by atoms with Gasteiger partial charge < -0.3 is 20.5 Å². The normalized spacial score (nSPS) is 11.9. The second kappa shape index (κ2) is 8.49. The number of hydrogen-bond donors (Lipinski definition) is 2. The number of ether oxygens (including phenoxy) is 2. The van der Waals surface area contributed by atoms with Crippen molar-refractivity contribution >= 4 is 5.91 Å². The highest BCUT2D eigenvalue weighted by molar-refractivity contribution is 5.81. The zero-order valence-corrected chi connectivity index (χ0v) is 10.6. The molecule has 0 aliphatic rings. The van der Waals surface area contributed by atoms with Gasteiger partial charge in [-0.1, -0.05) is 18.2 Å². The van der Waals surface area contributed by atoms with Crippen molar-refractivity contribution < 1.29 is 14.3 Å². The van der Waals surface area contributed by atoms with Crippen LogP contribution in [-0.4, -0.2) is 38.8 Å². The number of amides is 1. The van der Waals surface area contributed by atoms with Crippen molar-refractivity contribution in [3.05, 3.63) is 30.3 Å². The fourth-order valence-corrected chi connectivity index (χ4v) is 1.38. The highest BCUT2D eigenvalue weighted by atomic mass is 16.5. The van der Waals surface area contributed by atoms with Gasteiger partial charge in [0.15, 0.2) is 0 Å². The van der Waals surface area contributed by atoms with Gasteiger partial charge in [-0.15, -0.1) is 0 Å². The van der Waals surface area contributed by atoms with Crippen molar-refractivity contribution in [3.8, 4) is 5.75 Å². The van der Waals surface area contributed by atoms with Crippen molar-refractivity contribution in [3.63, 3.8) is 0 Å². The Bertz CT molecular complexity index is 343. The Hall–Kier alpha value is -1.59. The number of methoxy groups -OCH3 is 1. The molecule has 1 unspecified atom stereocenters.